The van der Waals surface area contributed by atoms with Crippen molar-refractivity contribution < 1.29 is 5.11 Å². The van der Waals surface area contributed by atoms with Crippen molar-refractivity contribution in [2.75, 3.05) is 26.2 Å². The summed E-state index contributed by atoms with van der Waals surface area (Å²) >= 11 is 11.9. The first-order valence-corrected chi connectivity index (χ1v) is 6.65. The molecule has 1 aliphatic rings. The molecule has 0 radical (unpaired) electrons. The third-order valence-electron chi connectivity index (χ3n) is 3.19. The van der Waals surface area contributed by atoms with Crippen LogP contribution < -0.4 is 5.32 Å². The van der Waals surface area contributed by atoms with Crippen molar-refractivity contribution in [2.45, 2.75) is 6.04 Å². The normalized spacial score (nSPS) is 16.7. The zero-order valence-electron chi connectivity index (χ0n) is 10.8. The lowest BCUT2D eigenvalue weighted by Gasteiger charge is -2.33. The molecule has 0 amide bonds. The quantitative estimate of drug-likeness (QED) is 0.808. The van der Waals surface area contributed by atoms with Crippen LogP contribution in [0, 0.1) is 0 Å². The summed E-state index contributed by atoms with van der Waals surface area (Å²) in [6.07, 6.45) is 1.82. The Morgan fingerprint density at radius 2 is 1.85 bits per heavy atom. The van der Waals surface area contributed by atoms with Crippen LogP contribution in [0.3, 0.4) is 0 Å². The number of aromatic hydroxyl groups is 1. The second-order valence-corrected chi connectivity index (χ2v) is 5.05. The number of hydrogen-bond donors (Lipinski definition) is 2. The van der Waals surface area contributed by atoms with Crippen LogP contribution in [0.1, 0.15) is 11.6 Å². The van der Waals surface area contributed by atoms with E-state index in [0.717, 1.165) is 31.7 Å². The maximum Gasteiger partial charge on any atom is 0.140 e. The van der Waals surface area contributed by atoms with Gasteiger partial charge in [-0.3, -0.25) is 4.90 Å². The van der Waals surface area contributed by atoms with Crippen LogP contribution in [0.2, 0.25) is 10.0 Å². The minimum absolute atomic E-state index is 0. The average Bonchev–Trinajstić information content (AvgIpc) is 2.41. The topological polar surface area (TPSA) is 35.5 Å². The van der Waals surface area contributed by atoms with Crippen molar-refractivity contribution in [1.29, 1.82) is 0 Å². The summed E-state index contributed by atoms with van der Waals surface area (Å²) in [5.41, 5.74) is 0.751. The molecule has 1 aromatic rings. The molecule has 0 bridgehead atoms. The summed E-state index contributed by atoms with van der Waals surface area (Å²) < 4.78 is 0. The van der Waals surface area contributed by atoms with Crippen LogP contribution in [0.4, 0.5) is 0 Å². The number of nitrogens with zero attached hydrogens (tertiary/aromatic N) is 1. The molecular formula is C13H18Cl4N2O. The third kappa shape index (κ3) is 4.17. The van der Waals surface area contributed by atoms with Crippen LogP contribution in [-0.4, -0.2) is 36.2 Å². The number of hydrogen-bond acceptors (Lipinski definition) is 3. The standard InChI is InChI=1S/C13H16Cl2N2O.2ClH/c1-2-11(17-7-5-16-6-8-17)9-3-4-10(14)12(15)13(9)18;;/h2-4,11,16,18H,1,5-8H2;2*1H/t11-;;/m1../s1. The van der Waals surface area contributed by atoms with E-state index in [1.54, 1.807) is 12.1 Å². The summed E-state index contributed by atoms with van der Waals surface area (Å²) in [6, 6.07) is 3.47. The summed E-state index contributed by atoms with van der Waals surface area (Å²) in [6.45, 7) is 7.56. The molecule has 1 aliphatic heterocycles. The maximum atomic E-state index is 10.1. The minimum Gasteiger partial charge on any atom is -0.506 e. The Labute approximate surface area is 141 Å². The molecule has 1 saturated heterocycles. The molecular weight excluding hydrogens is 342 g/mol. The fourth-order valence-electron chi connectivity index (χ4n) is 2.23. The second kappa shape index (κ2) is 8.98. The molecule has 1 fully saturated rings. The molecule has 3 nitrogen and oxygen atoms in total. The van der Waals surface area contributed by atoms with Gasteiger partial charge in [0.1, 0.15) is 10.8 Å². The van der Waals surface area contributed by atoms with Crippen LogP contribution in [0.15, 0.2) is 24.8 Å². The summed E-state index contributed by atoms with van der Waals surface area (Å²) in [5.74, 6) is 0.0487. The van der Waals surface area contributed by atoms with Gasteiger partial charge < -0.3 is 10.4 Å². The highest BCUT2D eigenvalue weighted by atomic mass is 35.5. The zero-order valence-corrected chi connectivity index (χ0v) is 14.0. The van der Waals surface area contributed by atoms with Crippen LogP contribution >= 0.6 is 48.0 Å². The van der Waals surface area contributed by atoms with E-state index in [9.17, 15) is 5.11 Å². The number of phenols is 1. The van der Waals surface area contributed by atoms with Crippen molar-refractivity contribution >= 4 is 48.0 Å². The monoisotopic (exact) mass is 358 g/mol. The van der Waals surface area contributed by atoms with Gasteiger partial charge in [-0.15, -0.1) is 31.4 Å². The number of piperazine rings is 1. The summed E-state index contributed by atoms with van der Waals surface area (Å²) in [4.78, 5) is 2.25. The van der Waals surface area contributed by atoms with E-state index in [1.165, 1.54) is 0 Å². The number of phenolic OH excluding ortho intramolecular Hbond substituents is 1. The van der Waals surface area contributed by atoms with Crippen LogP contribution in [0.25, 0.3) is 0 Å². The SMILES string of the molecule is C=C[C@H](c1ccc(Cl)c(Cl)c1O)N1CCNCC1.Cl.Cl. The molecule has 0 unspecified atom stereocenters. The largest absolute Gasteiger partial charge is 0.506 e. The highest BCUT2D eigenvalue weighted by molar-refractivity contribution is 6.43. The molecule has 2 N–H and O–H groups in total. The molecule has 0 spiro atoms. The molecule has 1 aromatic carbocycles. The van der Waals surface area contributed by atoms with Gasteiger partial charge in [0, 0.05) is 31.7 Å². The second-order valence-electron chi connectivity index (χ2n) is 4.27. The molecule has 0 aromatic heterocycles. The van der Waals surface area contributed by atoms with Crippen LogP contribution in [-0.2, 0) is 0 Å². The van der Waals surface area contributed by atoms with E-state index in [-0.39, 0.29) is 41.6 Å². The first-order valence-electron chi connectivity index (χ1n) is 5.89. The number of rotatable bonds is 3. The molecule has 7 heteroatoms. The molecule has 20 heavy (non-hydrogen) atoms. The lowest BCUT2D eigenvalue weighted by Crippen LogP contribution is -2.44. The number of benzene rings is 1. The van der Waals surface area contributed by atoms with E-state index in [1.807, 2.05) is 6.08 Å². The first-order chi connectivity index (χ1) is 8.65. The lowest BCUT2D eigenvalue weighted by molar-refractivity contribution is 0.201. The Balaban J connectivity index is 0.00000180. The van der Waals surface area contributed by atoms with Gasteiger partial charge in [-0.2, -0.15) is 0 Å². The molecule has 2 rings (SSSR count). The first kappa shape index (κ1) is 19.8. The van der Waals surface area contributed by atoms with Gasteiger partial charge in [-0.05, 0) is 6.07 Å². The van der Waals surface area contributed by atoms with Crippen molar-refractivity contribution in [3.63, 3.8) is 0 Å². The van der Waals surface area contributed by atoms with Gasteiger partial charge in [-0.1, -0.05) is 35.3 Å². The minimum atomic E-state index is -0.0399. The maximum absolute atomic E-state index is 10.1. The van der Waals surface area contributed by atoms with Crippen molar-refractivity contribution in [3.05, 3.63) is 40.4 Å². The number of nitrogens with one attached hydrogen (secondary N) is 1. The predicted octanol–water partition coefficient (Wildman–Crippen LogP) is 3.67. The van der Waals surface area contributed by atoms with E-state index in [4.69, 9.17) is 23.2 Å². The highest BCUT2D eigenvalue weighted by Gasteiger charge is 2.23. The van der Waals surface area contributed by atoms with Gasteiger partial charge >= 0.3 is 0 Å². The smallest absolute Gasteiger partial charge is 0.140 e. The fraction of sp³-hybridized carbons (Fsp3) is 0.385. The fourth-order valence-corrected chi connectivity index (χ4v) is 2.55. The summed E-state index contributed by atoms with van der Waals surface area (Å²) in [7, 11) is 0. The van der Waals surface area contributed by atoms with Gasteiger partial charge in [0.15, 0.2) is 0 Å². The Hall–Kier alpha value is -0.160. The zero-order chi connectivity index (χ0) is 13.1. The Bertz CT molecular complexity index is 450. The van der Waals surface area contributed by atoms with E-state index >= 15 is 0 Å². The van der Waals surface area contributed by atoms with E-state index < -0.39 is 0 Å². The number of halogens is 4. The molecule has 1 atom stereocenters. The highest BCUT2D eigenvalue weighted by Crippen LogP contribution is 2.39. The van der Waals surface area contributed by atoms with Crippen molar-refractivity contribution in [1.82, 2.24) is 10.2 Å². The van der Waals surface area contributed by atoms with E-state index in [0.29, 0.717) is 5.02 Å². The molecule has 114 valence electrons. The van der Waals surface area contributed by atoms with Gasteiger partial charge in [0.2, 0.25) is 0 Å². The summed E-state index contributed by atoms with van der Waals surface area (Å²) in [5, 5.41) is 14.0. The van der Waals surface area contributed by atoms with Crippen molar-refractivity contribution in [2.24, 2.45) is 0 Å². The molecule has 0 aliphatic carbocycles. The third-order valence-corrected chi connectivity index (χ3v) is 3.98. The van der Waals surface area contributed by atoms with Gasteiger partial charge in [0.25, 0.3) is 0 Å². The Morgan fingerprint density at radius 3 is 2.40 bits per heavy atom. The van der Waals surface area contributed by atoms with E-state index in [2.05, 4.69) is 16.8 Å². The lowest BCUT2D eigenvalue weighted by atomic mass is 10.0. The molecule has 0 saturated carbocycles. The Kier molecular flexibility index (Phi) is 8.91. The Morgan fingerprint density at radius 1 is 1.25 bits per heavy atom. The average molecular weight is 360 g/mol. The van der Waals surface area contributed by atoms with Crippen LogP contribution in [0.5, 0.6) is 5.75 Å². The van der Waals surface area contributed by atoms with Gasteiger partial charge in [0.05, 0.1) is 11.1 Å². The van der Waals surface area contributed by atoms with Gasteiger partial charge in [-0.25, -0.2) is 0 Å². The van der Waals surface area contributed by atoms with Crippen molar-refractivity contribution in [3.8, 4) is 5.75 Å². The molecule has 1 heterocycles. The predicted molar refractivity (Wildman–Crippen MR) is 90.0 cm³/mol.